The smallest absolute Gasteiger partial charge is 0.399 e. The molecule has 1 saturated heterocycles. The summed E-state index contributed by atoms with van der Waals surface area (Å²) in [6.07, 6.45) is 3.09. The van der Waals surface area contributed by atoms with Crippen LogP contribution in [0.1, 0.15) is 38.8 Å². The van der Waals surface area contributed by atoms with Gasteiger partial charge in [0.15, 0.2) is 5.60 Å². The molecule has 1 aromatic heterocycles. The number of pyridine rings is 1. The molecule has 2 N–H and O–H groups in total. The van der Waals surface area contributed by atoms with Crippen molar-refractivity contribution in [3.05, 3.63) is 53.9 Å². The molecule has 1 fully saturated rings. The molecule has 0 radical (unpaired) electrons. The van der Waals surface area contributed by atoms with E-state index in [0.29, 0.717) is 16.8 Å². The van der Waals surface area contributed by atoms with Crippen molar-refractivity contribution >= 4 is 24.2 Å². The van der Waals surface area contributed by atoms with Crippen LogP contribution in [0.4, 0.5) is 5.69 Å². The molecule has 26 heavy (non-hydrogen) atoms. The number of carbonyl (C=O) groups excluding carboxylic acids is 1. The number of nitrogens with zero attached hydrogens (tertiary/aromatic N) is 1. The van der Waals surface area contributed by atoms with Crippen LogP contribution in [0.15, 0.2) is 42.7 Å². The Balaban J connectivity index is 1.75. The number of rotatable bonds is 2. The molecule has 0 aliphatic carbocycles. The number of benzene rings is 1. The number of amides is 1. The highest BCUT2D eigenvalue weighted by atomic mass is 16.7. The lowest BCUT2D eigenvalue weighted by molar-refractivity contribution is -0.129. The van der Waals surface area contributed by atoms with Crippen LogP contribution in [-0.2, 0) is 19.7 Å². The predicted octanol–water partition coefficient (Wildman–Crippen LogP) is 1.57. The molecule has 134 valence electrons. The Labute approximate surface area is 152 Å². The maximum atomic E-state index is 12.5. The van der Waals surface area contributed by atoms with Crippen molar-refractivity contribution in [3.63, 3.8) is 0 Å². The Morgan fingerprint density at radius 3 is 2.50 bits per heavy atom. The molecule has 4 rings (SSSR count). The lowest BCUT2D eigenvalue weighted by Gasteiger charge is -2.32. The maximum absolute atomic E-state index is 12.5. The molecule has 0 bridgehead atoms. The number of aromatic nitrogens is 1. The summed E-state index contributed by atoms with van der Waals surface area (Å²) in [5.74, 6) is -0.494. The predicted molar refractivity (Wildman–Crippen MR) is 98.0 cm³/mol. The van der Waals surface area contributed by atoms with Crippen molar-refractivity contribution in [2.24, 2.45) is 0 Å². The number of nitrogens with one attached hydrogen (secondary N) is 1. The number of fused-ring (bicyclic) bond motifs is 1. The van der Waals surface area contributed by atoms with E-state index in [1.165, 1.54) is 6.20 Å². The topological polar surface area (TPSA) is 80.7 Å². The second-order valence-electron chi connectivity index (χ2n) is 7.80. The van der Waals surface area contributed by atoms with Gasteiger partial charge in [0.2, 0.25) is 0 Å². The summed E-state index contributed by atoms with van der Waals surface area (Å²) in [4.78, 5) is 16.5. The van der Waals surface area contributed by atoms with Gasteiger partial charge in [-0.05, 0) is 44.8 Å². The van der Waals surface area contributed by atoms with Gasteiger partial charge in [-0.3, -0.25) is 9.78 Å². The molecule has 6 nitrogen and oxygen atoms in total. The summed E-state index contributed by atoms with van der Waals surface area (Å²) in [5.41, 5.74) is -0.472. The summed E-state index contributed by atoms with van der Waals surface area (Å²) in [6, 6.07) is 8.80. The van der Waals surface area contributed by atoms with E-state index in [1.54, 1.807) is 30.5 Å². The van der Waals surface area contributed by atoms with Gasteiger partial charge >= 0.3 is 7.12 Å². The zero-order valence-corrected chi connectivity index (χ0v) is 15.2. The fourth-order valence-electron chi connectivity index (χ4n) is 3.32. The molecule has 7 heteroatoms. The second kappa shape index (κ2) is 5.39. The van der Waals surface area contributed by atoms with Crippen molar-refractivity contribution in [2.75, 3.05) is 5.32 Å². The minimum absolute atomic E-state index is 0.465. The third kappa shape index (κ3) is 2.31. The van der Waals surface area contributed by atoms with E-state index < -0.39 is 29.8 Å². The van der Waals surface area contributed by atoms with Crippen LogP contribution in [0.25, 0.3) is 0 Å². The summed E-state index contributed by atoms with van der Waals surface area (Å²) in [5, 5.41) is 13.9. The quantitative estimate of drug-likeness (QED) is 0.802. The minimum Gasteiger partial charge on any atom is -0.399 e. The molecule has 2 aliphatic heterocycles. The molecule has 1 amide bonds. The highest BCUT2D eigenvalue weighted by molar-refractivity contribution is 6.62. The Bertz CT molecular complexity index is 883. The van der Waals surface area contributed by atoms with E-state index >= 15 is 0 Å². The number of hydrogen-bond acceptors (Lipinski definition) is 5. The van der Waals surface area contributed by atoms with Gasteiger partial charge < -0.3 is 19.7 Å². The summed E-state index contributed by atoms with van der Waals surface area (Å²) < 4.78 is 12.2. The summed E-state index contributed by atoms with van der Waals surface area (Å²) in [7, 11) is -0.565. The Hall–Kier alpha value is -2.22. The van der Waals surface area contributed by atoms with Crippen LogP contribution in [0.3, 0.4) is 0 Å². The molecule has 1 aromatic carbocycles. The van der Waals surface area contributed by atoms with Crippen molar-refractivity contribution in [1.82, 2.24) is 4.98 Å². The Morgan fingerprint density at radius 1 is 1.12 bits per heavy atom. The van der Waals surface area contributed by atoms with Crippen LogP contribution in [0.2, 0.25) is 0 Å². The van der Waals surface area contributed by atoms with E-state index in [1.807, 2.05) is 33.8 Å². The van der Waals surface area contributed by atoms with Gasteiger partial charge in [-0.15, -0.1) is 0 Å². The van der Waals surface area contributed by atoms with Crippen molar-refractivity contribution in [1.29, 1.82) is 0 Å². The molecule has 2 aromatic rings. The minimum atomic E-state index is -1.77. The summed E-state index contributed by atoms with van der Waals surface area (Å²) in [6.45, 7) is 7.94. The first-order chi connectivity index (χ1) is 12.1. The normalized spacial score (nSPS) is 25.9. The average molecular weight is 352 g/mol. The molecule has 1 unspecified atom stereocenters. The van der Waals surface area contributed by atoms with Gasteiger partial charge in [0, 0.05) is 11.8 Å². The van der Waals surface area contributed by atoms with Crippen molar-refractivity contribution in [3.8, 4) is 0 Å². The van der Waals surface area contributed by atoms with Gasteiger partial charge in [0.05, 0.1) is 23.1 Å². The van der Waals surface area contributed by atoms with E-state index in [4.69, 9.17) is 9.31 Å². The number of carbonyl (C=O) groups is 1. The van der Waals surface area contributed by atoms with Gasteiger partial charge in [0.1, 0.15) is 0 Å². The monoisotopic (exact) mass is 352 g/mol. The van der Waals surface area contributed by atoms with Crippen LogP contribution in [0, 0.1) is 0 Å². The molecular formula is C19H21BN2O4. The maximum Gasteiger partial charge on any atom is 0.494 e. The number of anilines is 1. The molecule has 0 saturated carbocycles. The molecule has 3 heterocycles. The molecule has 0 spiro atoms. The van der Waals surface area contributed by atoms with Gasteiger partial charge in [-0.1, -0.05) is 24.3 Å². The fourth-order valence-corrected chi connectivity index (χ4v) is 3.32. The molecule has 2 aliphatic rings. The van der Waals surface area contributed by atoms with Crippen LogP contribution in [0.5, 0.6) is 0 Å². The average Bonchev–Trinajstić information content (AvgIpc) is 2.98. The third-order valence-electron chi connectivity index (χ3n) is 5.62. The third-order valence-corrected chi connectivity index (χ3v) is 5.62. The lowest BCUT2D eigenvalue weighted by atomic mass is 9.76. The summed E-state index contributed by atoms with van der Waals surface area (Å²) >= 11 is 0. The largest absolute Gasteiger partial charge is 0.494 e. The Morgan fingerprint density at radius 2 is 1.81 bits per heavy atom. The lowest BCUT2D eigenvalue weighted by Crippen LogP contribution is -2.41. The van der Waals surface area contributed by atoms with Gasteiger partial charge in [-0.2, -0.15) is 0 Å². The molecular weight excluding hydrogens is 331 g/mol. The zero-order chi connectivity index (χ0) is 18.7. The zero-order valence-electron chi connectivity index (χ0n) is 15.2. The highest BCUT2D eigenvalue weighted by Gasteiger charge is 2.52. The van der Waals surface area contributed by atoms with Crippen molar-refractivity contribution < 1.29 is 19.2 Å². The van der Waals surface area contributed by atoms with Gasteiger partial charge in [0.25, 0.3) is 5.91 Å². The van der Waals surface area contributed by atoms with E-state index in [-0.39, 0.29) is 0 Å². The SMILES string of the molecule is CC1(C)OB(c2cccc(C3(O)C(=O)Nc4cnccc43)c2)OC1(C)C. The molecule has 1 atom stereocenters. The highest BCUT2D eigenvalue weighted by Crippen LogP contribution is 2.40. The second-order valence-corrected chi connectivity index (χ2v) is 7.80. The first-order valence-electron chi connectivity index (χ1n) is 8.59. The van der Waals surface area contributed by atoms with E-state index in [2.05, 4.69) is 10.3 Å². The number of aliphatic hydroxyl groups is 1. The van der Waals surface area contributed by atoms with Crippen molar-refractivity contribution in [2.45, 2.75) is 44.5 Å². The Kier molecular flexibility index (Phi) is 3.57. The standard InChI is InChI=1S/C19H21BN2O4/c1-17(2)18(3,4)26-20(25-17)13-7-5-6-12(10-13)19(24)14-8-9-21-11-15(14)22-16(19)23/h5-11,24H,1-4H3,(H,22,23). The first-order valence-corrected chi connectivity index (χ1v) is 8.59. The first kappa shape index (κ1) is 17.2. The number of hydrogen-bond donors (Lipinski definition) is 2. The van der Waals surface area contributed by atoms with Gasteiger partial charge in [-0.25, -0.2) is 0 Å². The van der Waals surface area contributed by atoms with E-state index in [0.717, 1.165) is 5.46 Å². The van der Waals surface area contributed by atoms with Crippen LogP contribution >= 0.6 is 0 Å². The van der Waals surface area contributed by atoms with E-state index in [9.17, 15) is 9.90 Å². The van der Waals surface area contributed by atoms with Crippen LogP contribution in [-0.4, -0.2) is 34.3 Å². The fraction of sp³-hybridized carbons (Fsp3) is 0.368. The van der Waals surface area contributed by atoms with Crippen LogP contribution < -0.4 is 10.8 Å².